The Morgan fingerprint density at radius 3 is 2.35 bits per heavy atom. The van der Waals surface area contributed by atoms with Crippen LogP contribution in [-0.4, -0.2) is 12.2 Å². The molecule has 1 aliphatic rings. The Morgan fingerprint density at radius 1 is 1.15 bits per heavy atom. The fourth-order valence-corrected chi connectivity index (χ4v) is 3.39. The molecular formula is C15H19BrF3N. The molecule has 0 saturated heterocycles. The van der Waals surface area contributed by atoms with Crippen molar-refractivity contribution < 1.29 is 13.2 Å². The second-order valence-electron chi connectivity index (χ2n) is 5.59. The van der Waals surface area contributed by atoms with Crippen molar-refractivity contribution in [1.82, 2.24) is 0 Å². The Labute approximate surface area is 125 Å². The molecular weight excluding hydrogens is 331 g/mol. The highest BCUT2D eigenvalue weighted by molar-refractivity contribution is 9.10. The molecule has 0 spiro atoms. The molecule has 1 aliphatic carbocycles. The third kappa shape index (κ3) is 3.98. The molecule has 2 rings (SSSR count). The van der Waals surface area contributed by atoms with Gasteiger partial charge in [0.1, 0.15) is 0 Å². The van der Waals surface area contributed by atoms with Crippen LogP contribution in [0.4, 0.5) is 13.2 Å². The summed E-state index contributed by atoms with van der Waals surface area (Å²) < 4.78 is 40.2. The lowest BCUT2D eigenvalue weighted by Gasteiger charge is -2.36. The van der Waals surface area contributed by atoms with E-state index in [1.807, 2.05) is 24.3 Å². The van der Waals surface area contributed by atoms with E-state index in [2.05, 4.69) is 15.9 Å². The zero-order chi connectivity index (χ0) is 14.8. The molecule has 112 valence electrons. The van der Waals surface area contributed by atoms with Crippen molar-refractivity contribution in [2.75, 3.05) is 0 Å². The third-order valence-corrected chi connectivity index (χ3v) is 4.70. The van der Waals surface area contributed by atoms with E-state index in [0.29, 0.717) is 19.3 Å². The van der Waals surface area contributed by atoms with Crippen LogP contribution in [-0.2, 0) is 6.42 Å². The Bertz CT molecular complexity index is 430. The zero-order valence-electron chi connectivity index (χ0n) is 11.2. The summed E-state index contributed by atoms with van der Waals surface area (Å²) in [6, 6.07) is 7.18. The van der Waals surface area contributed by atoms with Gasteiger partial charge in [0.2, 0.25) is 0 Å². The van der Waals surface area contributed by atoms with Crippen molar-refractivity contribution in [2.24, 2.45) is 17.6 Å². The minimum absolute atomic E-state index is 0.224. The highest BCUT2D eigenvalue weighted by Crippen LogP contribution is 2.42. The summed E-state index contributed by atoms with van der Waals surface area (Å²) in [6.07, 6.45) is -1.30. The van der Waals surface area contributed by atoms with E-state index in [1.54, 1.807) is 0 Å². The molecule has 2 N–H and O–H groups in total. The van der Waals surface area contributed by atoms with Gasteiger partial charge < -0.3 is 5.73 Å². The molecule has 0 aliphatic heterocycles. The van der Waals surface area contributed by atoms with Crippen LogP contribution in [0.25, 0.3) is 0 Å². The lowest BCUT2D eigenvalue weighted by molar-refractivity contribution is -0.198. The lowest BCUT2D eigenvalue weighted by Crippen LogP contribution is -2.44. The minimum Gasteiger partial charge on any atom is -0.327 e. The van der Waals surface area contributed by atoms with Crippen LogP contribution in [0.5, 0.6) is 0 Å². The van der Waals surface area contributed by atoms with Crippen molar-refractivity contribution in [1.29, 1.82) is 0 Å². The van der Waals surface area contributed by atoms with Gasteiger partial charge >= 0.3 is 6.18 Å². The number of halogens is 4. The predicted molar refractivity (Wildman–Crippen MR) is 77.3 cm³/mol. The number of hydrogen-bond donors (Lipinski definition) is 1. The molecule has 1 saturated carbocycles. The highest BCUT2D eigenvalue weighted by Gasteiger charge is 2.47. The van der Waals surface area contributed by atoms with Crippen LogP contribution in [0.2, 0.25) is 0 Å². The van der Waals surface area contributed by atoms with Gasteiger partial charge in [-0.1, -0.05) is 40.9 Å². The van der Waals surface area contributed by atoms with Gasteiger partial charge in [-0.3, -0.25) is 0 Å². The van der Waals surface area contributed by atoms with Gasteiger partial charge in [0.15, 0.2) is 0 Å². The summed E-state index contributed by atoms with van der Waals surface area (Å²) in [6.45, 7) is 0. The average Bonchev–Trinajstić information content (AvgIpc) is 2.40. The molecule has 0 heterocycles. The SMILES string of the molecule is NC(Cc1ccc(Br)cc1)C1CCCCC1C(F)(F)F. The second-order valence-corrected chi connectivity index (χ2v) is 6.51. The van der Waals surface area contributed by atoms with Gasteiger partial charge in [0.05, 0.1) is 5.92 Å². The van der Waals surface area contributed by atoms with Crippen molar-refractivity contribution in [3.63, 3.8) is 0 Å². The van der Waals surface area contributed by atoms with Gasteiger partial charge in [-0.05, 0) is 42.9 Å². The molecule has 5 heteroatoms. The Hall–Kier alpha value is -0.550. The molecule has 0 amide bonds. The van der Waals surface area contributed by atoms with Gasteiger partial charge in [0.25, 0.3) is 0 Å². The number of rotatable bonds is 3. The first-order chi connectivity index (χ1) is 9.38. The predicted octanol–water partition coefficient (Wildman–Crippen LogP) is 4.69. The van der Waals surface area contributed by atoms with E-state index >= 15 is 0 Å². The standard InChI is InChI=1S/C15H19BrF3N/c16-11-7-5-10(6-8-11)9-14(20)12-3-1-2-4-13(12)15(17,18)19/h5-8,12-14H,1-4,9,20H2. The van der Waals surface area contributed by atoms with Gasteiger partial charge in [0, 0.05) is 10.5 Å². The van der Waals surface area contributed by atoms with Gasteiger partial charge in [-0.15, -0.1) is 0 Å². The summed E-state index contributed by atoms with van der Waals surface area (Å²) in [4.78, 5) is 0. The van der Waals surface area contributed by atoms with E-state index in [9.17, 15) is 13.2 Å². The largest absolute Gasteiger partial charge is 0.392 e. The maximum absolute atomic E-state index is 13.1. The maximum atomic E-state index is 13.1. The summed E-state index contributed by atoms with van der Waals surface area (Å²) in [5, 5.41) is 0. The van der Waals surface area contributed by atoms with E-state index in [1.165, 1.54) is 0 Å². The monoisotopic (exact) mass is 349 g/mol. The molecule has 3 unspecified atom stereocenters. The molecule has 1 nitrogen and oxygen atoms in total. The molecule has 20 heavy (non-hydrogen) atoms. The van der Waals surface area contributed by atoms with E-state index in [0.717, 1.165) is 16.5 Å². The Morgan fingerprint density at radius 2 is 1.75 bits per heavy atom. The molecule has 1 aromatic rings. The summed E-state index contributed by atoms with van der Waals surface area (Å²) in [5.41, 5.74) is 7.09. The highest BCUT2D eigenvalue weighted by atomic mass is 79.9. The summed E-state index contributed by atoms with van der Waals surface area (Å²) >= 11 is 3.34. The fourth-order valence-electron chi connectivity index (χ4n) is 3.12. The smallest absolute Gasteiger partial charge is 0.327 e. The van der Waals surface area contributed by atoms with Gasteiger partial charge in [-0.25, -0.2) is 0 Å². The number of nitrogens with two attached hydrogens (primary N) is 1. The van der Waals surface area contributed by atoms with E-state index in [4.69, 9.17) is 5.73 Å². The molecule has 0 radical (unpaired) electrons. The number of alkyl halides is 3. The first-order valence-electron chi connectivity index (χ1n) is 6.94. The van der Waals surface area contributed by atoms with Gasteiger partial charge in [-0.2, -0.15) is 13.2 Å². The van der Waals surface area contributed by atoms with Crippen LogP contribution in [0.1, 0.15) is 31.2 Å². The topological polar surface area (TPSA) is 26.0 Å². The van der Waals surface area contributed by atoms with Crippen LogP contribution in [0.15, 0.2) is 28.7 Å². The van der Waals surface area contributed by atoms with Crippen LogP contribution in [0, 0.1) is 11.8 Å². The third-order valence-electron chi connectivity index (χ3n) is 4.17. The van der Waals surface area contributed by atoms with Crippen LogP contribution >= 0.6 is 15.9 Å². The van der Waals surface area contributed by atoms with Crippen LogP contribution < -0.4 is 5.73 Å². The normalized spacial score (nSPS) is 25.4. The number of hydrogen-bond acceptors (Lipinski definition) is 1. The Kier molecular flexibility index (Phi) is 5.13. The molecule has 3 atom stereocenters. The molecule has 1 fully saturated rings. The summed E-state index contributed by atoms with van der Waals surface area (Å²) in [7, 11) is 0. The van der Waals surface area contributed by atoms with Crippen molar-refractivity contribution in [3.05, 3.63) is 34.3 Å². The first-order valence-corrected chi connectivity index (χ1v) is 7.74. The zero-order valence-corrected chi connectivity index (χ0v) is 12.8. The molecule has 0 aromatic heterocycles. The van der Waals surface area contributed by atoms with E-state index in [-0.39, 0.29) is 6.42 Å². The average molecular weight is 350 g/mol. The van der Waals surface area contributed by atoms with E-state index < -0.39 is 24.1 Å². The maximum Gasteiger partial charge on any atom is 0.392 e. The second kappa shape index (κ2) is 6.48. The molecule has 1 aromatic carbocycles. The quantitative estimate of drug-likeness (QED) is 0.841. The summed E-state index contributed by atoms with van der Waals surface area (Å²) in [5.74, 6) is -1.69. The number of benzene rings is 1. The fraction of sp³-hybridized carbons (Fsp3) is 0.600. The lowest BCUT2D eigenvalue weighted by atomic mass is 9.73. The Balaban J connectivity index is 2.06. The molecule has 0 bridgehead atoms. The van der Waals surface area contributed by atoms with Crippen LogP contribution in [0.3, 0.4) is 0 Å². The van der Waals surface area contributed by atoms with Crippen molar-refractivity contribution >= 4 is 15.9 Å². The van der Waals surface area contributed by atoms with Crippen molar-refractivity contribution in [2.45, 2.75) is 44.3 Å². The minimum atomic E-state index is -4.12. The first kappa shape index (κ1) is 15.8. The van der Waals surface area contributed by atoms with Crippen molar-refractivity contribution in [3.8, 4) is 0 Å².